The second kappa shape index (κ2) is 6.42. The van der Waals surface area contributed by atoms with Gasteiger partial charge < -0.3 is 4.74 Å². The average Bonchev–Trinajstić information content (AvgIpc) is 2.34. The van der Waals surface area contributed by atoms with Gasteiger partial charge >= 0.3 is 29.2 Å². The molecule has 0 saturated carbocycles. The van der Waals surface area contributed by atoms with Gasteiger partial charge in [0.25, 0.3) is 0 Å². The summed E-state index contributed by atoms with van der Waals surface area (Å²) >= 11 is 0. The molecule has 0 aliphatic carbocycles. The molecule has 0 saturated heterocycles. The lowest BCUT2D eigenvalue weighted by molar-refractivity contribution is -0.381. The standard InChI is InChI=1S/C8H6F9NO3S/c1-2-21-4(19)3-18-22(20)8(16,17)6(11,12)5(9,10)7(13,14)15/h3H,2H2,1H3/t22-/m0/s1. The van der Waals surface area contributed by atoms with Crippen molar-refractivity contribution < 1.29 is 53.3 Å². The normalized spacial score (nSPS) is 15.9. The van der Waals surface area contributed by atoms with Gasteiger partial charge in [-0.25, -0.2) is 9.00 Å². The lowest BCUT2D eigenvalue weighted by Crippen LogP contribution is -2.61. The predicted octanol–water partition coefficient (Wildman–Crippen LogP) is 2.71. The molecule has 0 aromatic carbocycles. The van der Waals surface area contributed by atoms with Gasteiger partial charge in [0.05, 0.1) is 6.61 Å². The molecule has 0 fully saturated rings. The first-order valence-corrected chi connectivity index (χ1v) is 6.06. The van der Waals surface area contributed by atoms with Gasteiger partial charge in [0.2, 0.25) is 11.0 Å². The van der Waals surface area contributed by atoms with Crippen LogP contribution in [0.15, 0.2) is 4.40 Å². The van der Waals surface area contributed by atoms with E-state index in [0.29, 0.717) is 0 Å². The van der Waals surface area contributed by atoms with Crippen LogP contribution in [0.3, 0.4) is 0 Å². The maximum Gasteiger partial charge on any atom is 0.460 e. The molecule has 4 nitrogen and oxygen atoms in total. The van der Waals surface area contributed by atoms with Crippen molar-refractivity contribution in [3.05, 3.63) is 0 Å². The lowest BCUT2D eigenvalue weighted by atomic mass is 10.1. The van der Waals surface area contributed by atoms with Crippen molar-refractivity contribution in [2.45, 2.75) is 30.2 Å². The smallest absolute Gasteiger partial charge is 0.460 e. The third-order valence-corrected chi connectivity index (χ3v) is 2.87. The minimum Gasteiger partial charge on any atom is -0.462 e. The molecule has 0 amide bonds. The molecule has 0 aromatic heterocycles. The molecular formula is C8H6F9NO3S. The highest BCUT2D eigenvalue weighted by Crippen LogP contribution is 2.54. The number of ether oxygens (including phenoxy) is 1. The van der Waals surface area contributed by atoms with Crippen LogP contribution >= 0.6 is 0 Å². The Morgan fingerprint density at radius 3 is 1.86 bits per heavy atom. The second-order valence-corrected chi connectivity index (χ2v) is 4.62. The van der Waals surface area contributed by atoms with Gasteiger partial charge in [-0.15, -0.1) is 0 Å². The van der Waals surface area contributed by atoms with Gasteiger partial charge in [0, 0.05) is 0 Å². The monoisotopic (exact) mass is 367 g/mol. The number of hydrogen-bond acceptors (Lipinski definition) is 3. The van der Waals surface area contributed by atoms with Crippen molar-refractivity contribution in [1.82, 2.24) is 0 Å². The van der Waals surface area contributed by atoms with Crippen molar-refractivity contribution in [1.29, 1.82) is 0 Å². The summed E-state index contributed by atoms with van der Waals surface area (Å²) in [6.07, 6.45) is -7.34. The molecule has 0 unspecified atom stereocenters. The zero-order valence-electron chi connectivity index (χ0n) is 10.3. The maximum absolute atomic E-state index is 13.0. The van der Waals surface area contributed by atoms with Crippen LogP contribution < -0.4 is 0 Å². The fourth-order valence-electron chi connectivity index (χ4n) is 0.807. The molecule has 0 heterocycles. The molecule has 22 heavy (non-hydrogen) atoms. The largest absolute Gasteiger partial charge is 0.462 e. The molecule has 0 aliphatic rings. The summed E-state index contributed by atoms with van der Waals surface area (Å²) in [6.45, 7) is 0.908. The molecule has 0 aromatic rings. The summed E-state index contributed by atoms with van der Waals surface area (Å²) < 4.78 is 129. The number of alkyl halides is 9. The van der Waals surface area contributed by atoms with E-state index in [9.17, 15) is 48.5 Å². The fourth-order valence-corrected chi connectivity index (χ4v) is 1.47. The number of carbonyl (C=O) groups excluding carboxylic acids is 1. The van der Waals surface area contributed by atoms with Crippen molar-refractivity contribution in [3.8, 4) is 0 Å². The summed E-state index contributed by atoms with van der Waals surface area (Å²) in [4.78, 5) is 10.6. The first-order valence-electron chi connectivity index (χ1n) is 4.96. The Morgan fingerprint density at radius 1 is 1.05 bits per heavy atom. The Morgan fingerprint density at radius 2 is 1.50 bits per heavy atom. The summed E-state index contributed by atoms with van der Waals surface area (Å²) in [5.74, 6) is -15.8. The number of halogens is 9. The van der Waals surface area contributed by atoms with Crippen LogP contribution in [-0.2, 0) is 20.5 Å². The van der Waals surface area contributed by atoms with Crippen LogP contribution in [0, 0.1) is 0 Å². The minimum atomic E-state index is -7.18. The topological polar surface area (TPSA) is 55.7 Å². The van der Waals surface area contributed by atoms with Crippen LogP contribution in [0.5, 0.6) is 0 Å². The number of carbonyl (C=O) groups is 1. The summed E-state index contributed by atoms with van der Waals surface area (Å²) in [6, 6.07) is 0. The Hall–Kier alpha value is -1.34. The quantitative estimate of drug-likeness (QED) is 0.412. The minimum absolute atomic E-state index is 0.310. The molecule has 130 valence electrons. The first kappa shape index (κ1) is 20.7. The van der Waals surface area contributed by atoms with E-state index in [2.05, 4.69) is 4.74 Å². The Labute approximate surface area is 118 Å². The van der Waals surface area contributed by atoms with E-state index in [0.717, 1.165) is 0 Å². The van der Waals surface area contributed by atoms with Crippen LogP contribution in [-0.4, -0.2) is 46.3 Å². The Kier molecular flexibility index (Phi) is 6.03. The summed E-state index contributed by atoms with van der Waals surface area (Å²) in [7, 11) is -4.60. The predicted molar refractivity (Wildman–Crippen MR) is 54.2 cm³/mol. The number of rotatable bonds is 6. The molecule has 0 bridgehead atoms. The first-order chi connectivity index (χ1) is 9.63. The van der Waals surface area contributed by atoms with Gasteiger partial charge in [0.1, 0.15) is 6.21 Å². The van der Waals surface area contributed by atoms with E-state index < -0.39 is 40.2 Å². The van der Waals surface area contributed by atoms with Gasteiger partial charge in [-0.3, -0.25) is 0 Å². The van der Waals surface area contributed by atoms with Crippen LogP contribution in [0.1, 0.15) is 6.92 Å². The average molecular weight is 367 g/mol. The molecule has 0 aliphatic heterocycles. The molecule has 0 radical (unpaired) electrons. The van der Waals surface area contributed by atoms with E-state index in [1.807, 2.05) is 4.40 Å². The molecule has 14 heteroatoms. The van der Waals surface area contributed by atoms with Crippen molar-refractivity contribution in [2.75, 3.05) is 6.61 Å². The van der Waals surface area contributed by atoms with E-state index in [1.165, 1.54) is 6.92 Å². The van der Waals surface area contributed by atoms with E-state index in [-0.39, 0.29) is 12.8 Å². The molecular weight excluding hydrogens is 361 g/mol. The number of hydrogen-bond donors (Lipinski definition) is 0. The molecule has 0 spiro atoms. The maximum atomic E-state index is 13.0. The highest BCUT2D eigenvalue weighted by molar-refractivity contribution is 7.85. The van der Waals surface area contributed by atoms with Gasteiger partial charge in [-0.1, -0.05) is 0 Å². The van der Waals surface area contributed by atoms with E-state index in [1.54, 1.807) is 0 Å². The van der Waals surface area contributed by atoms with E-state index in [4.69, 9.17) is 0 Å². The van der Waals surface area contributed by atoms with Crippen molar-refractivity contribution in [2.24, 2.45) is 4.40 Å². The zero-order chi connectivity index (χ0) is 18.0. The van der Waals surface area contributed by atoms with Crippen LogP contribution in [0.4, 0.5) is 39.5 Å². The highest BCUT2D eigenvalue weighted by atomic mass is 32.2. The number of nitrogens with zero attached hydrogens (tertiary/aromatic N) is 1. The van der Waals surface area contributed by atoms with Crippen molar-refractivity contribution >= 4 is 23.2 Å². The second-order valence-electron chi connectivity index (χ2n) is 3.40. The third-order valence-electron chi connectivity index (χ3n) is 1.88. The van der Waals surface area contributed by atoms with Crippen LogP contribution in [0.2, 0.25) is 0 Å². The molecule has 1 atom stereocenters. The van der Waals surface area contributed by atoms with Crippen molar-refractivity contribution in [3.63, 3.8) is 0 Å². The Bertz CT molecular complexity index is 474. The zero-order valence-corrected chi connectivity index (χ0v) is 11.1. The highest BCUT2D eigenvalue weighted by Gasteiger charge is 2.83. The van der Waals surface area contributed by atoms with Gasteiger partial charge in [-0.2, -0.15) is 43.9 Å². The molecule has 0 rings (SSSR count). The van der Waals surface area contributed by atoms with E-state index >= 15 is 0 Å². The summed E-state index contributed by atoms with van der Waals surface area (Å²) in [5.41, 5.74) is 0. The number of esters is 1. The Balaban J connectivity index is 5.54. The van der Waals surface area contributed by atoms with Crippen LogP contribution in [0.25, 0.3) is 0 Å². The lowest BCUT2D eigenvalue weighted by Gasteiger charge is -2.31. The summed E-state index contributed by atoms with van der Waals surface area (Å²) in [5, 5.41) is -6.41. The van der Waals surface area contributed by atoms with Gasteiger partial charge in [-0.05, 0) is 6.92 Å². The SMILES string of the molecule is CCOC(=O)C=N[S@@](=O)C(F)(F)C(F)(F)C(F)(F)C(F)(F)F. The third kappa shape index (κ3) is 3.70. The molecule has 0 N–H and O–H groups in total. The fraction of sp³-hybridized carbons (Fsp3) is 0.750. The van der Waals surface area contributed by atoms with Gasteiger partial charge in [0.15, 0.2) is 0 Å².